The fourth-order valence-corrected chi connectivity index (χ4v) is 5.01. The summed E-state index contributed by atoms with van der Waals surface area (Å²) < 4.78 is 16.1. The molecular weight excluding hydrogens is 435 g/mol. The Morgan fingerprint density at radius 1 is 0.970 bits per heavy atom. The lowest BCUT2D eigenvalue weighted by atomic mass is 9.96. The third kappa shape index (κ3) is 3.74. The van der Waals surface area contributed by atoms with Gasteiger partial charge in [0.05, 0.1) is 17.8 Å². The number of aryl methyl sites for hydroxylation is 1. The zero-order valence-corrected chi connectivity index (χ0v) is 19.1. The van der Waals surface area contributed by atoms with Crippen LogP contribution in [0.3, 0.4) is 0 Å². The van der Waals surface area contributed by atoms with E-state index in [1.54, 1.807) is 24.4 Å². The van der Waals surface area contributed by atoms with E-state index in [1.165, 1.54) is 12.1 Å². The van der Waals surface area contributed by atoms with Crippen molar-refractivity contribution in [1.29, 1.82) is 0 Å². The molecule has 5 nitrogen and oxygen atoms in total. The second-order valence-electron chi connectivity index (χ2n) is 8.15. The molecule has 1 aliphatic heterocycles. The number of nitrogens with one attached hydrogen (secondary N) is 1. The number of aromatic nitrogens is 2. The number of benzene rings is 2. The van der Waals surface area contributed by atoms with Crippen molar-refractivity contribution in [3.63, 3.8) is 0 Å². The van der Waals surface area contributed by atoms with E-state index < -0.39 is 0 Å². The van der Waals surface area contributed by atoms with Crippen LogP contribution in [0.1, 0.15) is 34.7 Å². The molecule has 2 unspecified atom stereocenters. The van der Waals surface area contributed by atoms with Gasteiger partial charge in [0.25, 0.3) is 0 Å². The minimum Gasteiger partial charge on any atom is -0.508 e. The van der Waals surface area contributed by atoms with E-state index in [1.807, 2.05) is 50.2 Å². The van der Waals surface area contributed by atoms with Crippen LogP contribution in [0.4, 0.5) is 10.1 Å². The monoisotopic (exact) mass is 458 g/mol. The van der Waals surface area contributed by atoms with Gasteiger partial charge >= 0.3 is 0 Å². The predicted octanol–water partition coefficient (Wildman–Crippen LogP) is 5.51. The van der Waals surface area contributed by atoms with Crippen molar-refractivity contribution in [1.82, 2.24) is 14.9 Å². The van der Waals surface area contributed by atoms with E-state index in [0.717, 1.165) is 34.0 Å². The first kappa shape index (κ1) is 21.2. The van der Waals surface area contributed by atoms with Crippen molar-refractivity contribution in [2.45, 2.75) is 25.9 Å². The quantitative estimate of drug-likeness (QED) is 0.395. The number of anilines is 1. The fraction of sp³-hybridized carbons (Fsp3) is 0.154. The first-order chi connectivity index (χ1) is 15.9. The van der Waals surface area contributed by atoms with Crippen LogP contribution in [-0.4, -0.2) is 19.8 Å². The van der Waals surface area contributed by atoms with E-state index in [2.05, 4.69) is 25.8 Å². The van der Waals surface area contributed by atoms with E-state index in [-0.39, 0.29) is 23.7 Å². The van der Waals surface area contributed by atoms with Gasteiger partial charge in [-0.25, -0.2) is 4.39 Å². The average Bonchev–Trinajstić information content (AvgIpc) is 3.30. The molecule has 0 spiro atoms. The number of aromatic hydroxyl groups is 1. The molecular formula is C26H23FN4OS. The van der Waals surface area contributed by atoms with Crippen molar-refractivity contribution in [2.75, 3.05) is 4.90 Å². The van der Waals surface area contributed by atoms with Gasteiger partial charge in [0.2, 0.25) is 0 Å². The van der Waals surface area contributed by atoms with Crippen LogP contribution in [0.25, 0.3) is 5.69 Å². The zero-order valence-electron chi connectivity index (χ0n) is 18.2. The summed E-state index contributed by atoms with van der Waals surface area (Å²) in [5.74, 6) is -0.0822. The number of phenolic OH excluding ortho intramolecular Hbond substituents is 1. The SMILES string of the molecule is Cc1cc(C2C(c3ccccn3)NC(=S)N2c2ccc(O)cc2)c(C)n1-c1cccc(F)c1. The highest BCUT2D eigenvalue weighted by molar-refractivity contribution is 7.80. The molecule has 0 saturated carbocycles. The van der Waals surface area contributed by atoms with Crippen molar-refractivity contribution in [2.24, 2.45) is 0 Å². The van der Waals surface area contributed by atoms with Crippen molar-refractivity contribution < 1.29 is 9.50 Å². The van der Waals surface area contributed by atoms with E-state index in [4.69, 9.17) is 12.2 Å². The summed E-state index contributed by atoms with van der Waals surface area (Å²) in [6.45, 7) is 4.06. The second kappa shape index (κ2) is 8.33. The van der Waals surface area contributed by atoms with Crippen LogP contribution in [0.5, 0.6) is 5.75 Å². The van der Waals surface area contributed by atoms with Gasteiger partial charge in [-0.05, 0) is 92.3 Å². The highest BCUT2D eigenvalue weighted by Crippen LogP contribution is 2.43. The smallest absolute Gasteiger partial charge is 0.174 e. The maximum Gasteiger partial charge on any atom is 0.174 e. The Morgan fingerprint density at radius 2 is 1.76 bits per heavy atom. The Balaban J connectivity index is 1.68. The maximum absolute atomic E-state index is 14.0. The van der Waals surface area contributed by atoms with Crippen LogP contribution in [-0.2, 0) is 0 Å². The predicted molar refractivity (Wildman–Crippen MR) is 131 cm³/mol. The molecule has 5 rings (SSSR count). The average molecular weight is 459 g/mol. The molecule has 33 heavy (non-hydrogen) atoms. The van der Waals surface area contributed by atoms with E-state index in [0.29, 0.717) is 5.11 Å². The standard InChI is InChI=1S/C26H23FN4OS/c1-16-14-22(17(2)30(16)20-7-5-6-18(27)15-20)25-24(23-8-3-4-13-28-23)29-26(33)31(25)19-9-11-21(32)12-10-19/h3-15,24-25,32H,1-2H3,(H,29,33). The van der Waals surface area contributed by atoms with Gasteiger partial charge in [-0.15, -0.1) is 0 Å². The molecule has 2 atom stereocenters. The van der Waals surface area contributed by atoms with Gasteiger partial charge in [0.1, 0.15) is 11.6 Å². The summed E-state index contributed by atoms with van der Waals surface area (Å²) >= 11 is 5.77. The largest absolute Gasteiger partial charge is 0.508 e. The summed E-state index contributed by atoms with van der Waals surface area (Å²) in [7, 11) is 0. The molecule has 0 bridgehead atoms. The molecule has 2 N–H and O–H groups in total. The molecule has 0 radical (unpaired) electrons. The summed E-state index contributed by atoms with van der Waals surface area (Å²) in [5, 5.41) is 13.8. The van der Waals surface area contributed by atoms with Crippen LogP contribution in [0.2, 0.25) is 0 Å². The molecule has 4 aromatic rings. The Bertz CT molecular complexity index is 1320. The van der Waals surface area contributed by atoms with Crippen molar-refractivity contribution >= 4 is 23.0 Å². The number of rotatable bonds is 4. The minimum atomic E-state index is -0.276. The number of nitrogens with zero attached hydrogens (tertiary/aromatic N) is 3. The van der Waals surface area contributed by atoms with Crippen molar-refractivity contribution in [3.05, 3.63) is 107 Å². The first-order valence-electron chi connectivity index (χ1n) is 10.7. The number of pyridine rings is 1. The zero-order chi connectivity index (χ0) is 23.1. The van der Waals surface area contributed by atoms with Crippen LogP contribution >= 0.6 is 12.2 Å². The molecule has 2 aromatic carbocycles. The van der Waals surface area contributed by atoms with E-state index >= 15 is 0 Å². The number of phenols is 1. The number of halogens is 1. The van der Waals surface area contributed by atoms with Gasteiger partial charge in [0.15, 0.2) is 5.11 Å². The van der Waals surface area contributed by atoms with Gasteiger partial charge < -0.3 is 19.9 Å². The maximum atomic E-state index is 14.0. The summed E-state index contributed by atoms with van der Waals surface area (Å²) in [5.41, 5.74) is 5.57. The van der Waals surface area contributed by atoms with Gasteiger partial charge in [-0.1, -0.05) is 12.1 Å². The van der Waals surface area contributed by atoms with Crippen LogP contribution < -0.4 is 10.2 Å². The van der Waals surface area contributed by atoms with Gasteiger partial charge in [-0.3, -0.25) is 4.98 Å². The lowest BCUT2D eigenvalue weighted by molar-refractivity contribution is 0.475. The van der Waals surface area contributed by atoms with E-state index in [9.17, 15) is 9.50 Å². The fourth-order valence-electron chi connectivity index (χ4n) is 4.66. The van der Waals surface area contributed by atoms with Gasteiger partial charge in [-0.2, -0.15) is 0 Å². The Hall–Kier alpha value is -3.71. The Kier molecular flexibility index (Phi) is 5.34. The second-order valence-corrected chi connectivity index (χ2v) is 8.54. The lowest BCUT2D eigenvalue weighted by Gasteiger charge is -2.28. The highest BCUT2D eigenvalue weighted by atomic mass is 32.1. The molecule has 0 aliphatic carbocycles. The van der Waals surface area contributed by atoms with Crippen molar-refractivity contribution in [3.8, 4) is 11.4 Å². The lowest BCUT2D eigenvalue weighted by Crippen LogP contribution is -2.29. The summed E-state index contributed by atoms with van der Waals surface area (Å²) in [6.07, 6.45) is 1.77. The topological polar surface area (TPSA) is 53.3 Å². The molecule has 1 saturated heterocycles. The Morgan fingerprint density at radius 3 is 2.45 bits per heavy atom. The number of hydrogen-bond acceptors (Lipinski definition) is 3. The minimum absolute atomic E-state index is 0.186. The van der Waals surface area contributed by atoms with Gasteiger partial charge in [0, 0.05) is 29.0 Å². The summed E-state index contributed by atoms with van der Waals surface area (Å²) in [4.78, 5) is 6.66. The number of hydrogen-bond donors (Lipinski definition) is 2. The first-order valence-corrected chi connectivity index (χ1v) is 11.1. The molecule has 3 heterocycles. The summed E-state index contributed by atoms with van der Waals surface area (Å²) in [6, 6.07) is 21.2. The van der Waals surface area contributed by atoms with Crippen LogP contribution in [0, 0.1) is 19.7 Å². The molecule has 1 aliphatic rings. The molecule has 2 aromatic heterocycles. The Labute approximate surface area is 197 Å². The molecule has 7 heteroatoms. The highest BCUT2D eigenvalue weighted by Gasteiger charge is 2.42. The third-order valence-electron chi connectivity index (χ3n) is 6.08. The molecule has 0 amide bonds. The third-order valence-corrected chi connectivity index (χ3v) is 6.40. The number of thiocarbonyl (C=S) groups is 1. The van der Waals surface area contributed by atoms with Crippen LogP contribution in [0.15, 0.2) is 79.0 Å². The molecule has 166 valence electrons. The molecule has 1 fully saturated rings. The normalized spacial score (nSPS) is 17.9.